The average molecular weight is 266 g/mol. The van der Waals surface area contributed by atoms with Crippen molar-refractivity contribution in [2.24, 2.45) is 0 Å². The number of amides is 2. The van der Waals surface area contributed by atoms with E-state index >= 15 is 0 Å². The molecule has 0 bridgehead atoms. The fourth-order valence-electron chi connectivity index (χ4n) is 1.49. The summed E-state index contributed by atoms with van der Waals surface area (Å²) in [6.45, 7) is 0.333. The molecule has 1 rings (SSSR count). The van der Waals surface area contributed by atoms with Gasteiger partial charge in [-0.15, -0.1) is 0 Å². The summed E-state index contributed by atoms with van der Waals surface area (Å²) in [4.78, 5) is 23.6. The van der Waals surface area contributed by atoms with Gasteiger partial charge in [-0.2, -0.15) is 0 Å². The first-order chi connectivity index (χ1) is 9.04. The van der Waals surface area contributed by atoms with Crippen LogP contribution in [0.4, 0.5) is 10.5 Å². The van der Waals surface area contributed by atoms with Gasteiger partial charge in [0.1, 0.15) is 5.75 Å². The minimum absolute atomic E-state index is 0.0448. The number of nitrogens with zero attached hydrogens (tertiary/aromatic N) is 1. The number of carbonyl (C=O) groups is 2. The van der Waals surface area contributed by atoms with Gasteiger partial charge in [-0.25, -0.2) is 4.79 Å². The summed E-state index contributed by atoms with van der Waals surface area (Å²) < 4.78 is 5.09. The summed E-state index contributed by atoms with van der Waals surface area (Å²) in [5.74, 6) is -0.196. The van der Waals surface area contributed by atoms with Crippen LogP contribution >= 0.6 is 0 Å². The van der Waals surface area contributed by atoms with Crippen molar-refractivity contribution in [2.75, 3.05) is 25.6 Å². The van der Waals surface area contributed by atoms with E-state index in [0.717, 1.165) is 0 Å². The van der Waals surface area contributed by atoms with Crippen LogP contribution in [0.15, 0.2) is 24.3 Å². The topological polar surface area (TPSA) is 78.9 Å². The van der Waals surface area contributed by atoms with E-state index in [1.165, 1.54) is 4.90 Å². The summed E-state index contributed by atoms with van der Waals surface area (Å²) in [5.41, 5.74) is 0.704. The molecule has 0 radical (unpaired) electrons. The number of rotatable bonds is 6. The minimum atomic E-state index is -0.865. The first-order valence-corrected chi connectivity index (χ1v) is 5.92. The second kappa shape index (κ2) is 7.25. The first kappa shape index (κ1) is 14.8. The zero-order valence-corrected chi connectivity index (χ0v) is 11.0. The number of carboxylic acids is 1. The zero-order valence-electron chi connectivity index (χ0n) is 11.0. The van der Waals surface area contributed by atoms with Crippen LogP contribution in [0.2, 0.25) is 0 Å². The van der Waals surface area contributed by atoms with Gasteiger partial charge in [0.05, 0.1) is 7.11 Å². The molecule has 0 spiro atoms. The van der Waals surface area contributed by atoms with Crippen molar-refractivity contribution in [3.63, 3.8) is 0 Å². The first-order valence-electron chi connectivity index (χ1n) is 5.92. The second-order valence-corrected chi connectivity index (χ2v) is 3.99. The number of benzene rings is 1. The predicted octanol–water partition coefficient (Wildman–Crippen LogP) is 1.71. The highest BCUT2D eigenvalue weighted by Crippen LogP contribution is 2.19. The maximum atomic E-state index is 11.8. The highest BCUT2D eigenvalue weighted by molar-refractivity contribution is 5.91. The molecule has 6 nitrogen and oxygen atoms in total. The van der Waals surface area contributed by atoms with Crippen molar-refractivity contribution in [2.45, 2.75) is 12.8 Å². The van der Waals surface area contributed by atoms with E-state index in [4.69, 9.17) is 9.84 Å². The van der Waals surface area contributed by atoms with Crippen LogP contribution in [0.25, 0.3) is 0 Å². The standard InChI is InChI=1S/C13H18N2O4/c1-15(10-5-3-6-11(9-10)19-2)13(18)14-8-4-7-12(16)17/h3,5-6,9H,4,7-8H2,1-2H3,(H,14,18)(H,16,17). The molecule has 0 aliphatic rings. The Labute approximate surface area is 112 Å². The van der Waals surface area contributed by atoms with Crippen LogP contribution in [-0.4, -0.2) is 37.8 Å². The number of hydrogen-bond acceptors (Lipinski definition) is 3. The smallest absolute Gasteiger partial charge is 0.321 e. The van der Waals surface area contributed by atoms with Crippen LogP contribution in [0.5, 0.6) is 5.75 Å². The number of hydrogen-bond donors (Lipinski definition) is 2. The lowest BCUT2D eigenvalue weighted by Crippen LogP contribution is -2.37. The van der Waals surface area contributed by atoms with Gasteiger partial charge < -0.3 is 15.2 Å². The summed E-state index contributed by atoms with van der Waals surface area (Å²) in [6.07, 6.45) is 0.455. The second-order valence-electron chi connectivity index (χ2n) is 3.99. The van der Waals surface area contributed by atoms with E-state index in [-0.39, 0.29) is 12.5 Å². The number of anilines is 1. The third-order valence-electron chi connectivity index (χ3n) is 2.59. The van der Waals surface area contributed by atoms with Crippen LogP contribution < -0.4 is 15.0 Å². The van der Waals surface area contributed by atoms with Gasteiger partial charge in [-0.05, 0) is 18.6 Å². The Bertz CT molecular complexity index is 448. The molecule has 0 atom stereocenters. The third kappa shape index (κ3) is 4.87. The van der Waals surface area contributed by atoms with Crippen molar-refractivity contribution in [3.05, 3.63) is 24.3 Å². The number of urea groups is 1. The largest absolute Gasteiger partial charge is 0.497 e. The van der Waals surface area contributed by atoms with E-state index in [2.05, 4.69) is 5.32 Å². The molecule has 2 amide bonds. The van der Waals surface area contributed by atoms with Crippen LogP contribution in [0.3, 0.4) is 0 Å². The van der Waals surface area contributed by atoms with E-state index in [1.54, 1.807) is 38.4 Å². The molecule has 1 aromatic rings. The highest BCUT2D eigenvalue weighted by Gasteiger charge is 2.10. The molecule has 0 aliphatic carbocycles. The molecule has 19 heavy (non-hydrogen) atoms. The van der Waals surface area contributed by atoms with Crippen LogP contribution in [-0.2, 0) is 4.79 Å². The number of carbonyl (C=O) groups excluding carboxylic acids is 1. The Balaban J connectivity index is 2.49. The fraction of sp³-hybridized carbons (Fsp3) is 0.385. The van der Waals surface area contributed by atoms with Gasteiger partial charge >= 0.3 is 12.0 Å². The fourth-order valence-corrected chi connectivity index (χ4v) is 1.49. The average Bonchev–Trinajstić information content (AvgIpc) is 2.42. The van der Waals surface area contributed by atoms with E-state index in [9.17, 15) is 9.59 Å². The minimum Gasteiger partial charge on any atom is -0.497 e. The quantitative estimate of drug-likeness (QED) is 0.768. The van der Waals surface area contributed by atoms with Gasteiger partial charge in [0, 0.05) is 31.8 Å². The molecular formula is C13H18N2O4. The number of nitrogens with one attached hydrogen (secondary N) is 1. The predicted molar refractivity (Wildman–Crippen MR) is 71.7 cm³/mol. The molecule has 0 saturated heterocycles. The molecule has 1 aromatic carbocycles. The summed E-state index contributed by atoms with van der Waals surface area (Å²) in [6, 6.07) is 6.85. The van der Waals surface area contributed by atoms with Crippen molar-refractivity contribution in [1.29, 1.82) is 0 Å². The van der Waals surface area contributed by atoms with Crippen LogP contribution in [0, 0.1) is 0 Å². The van der Waals surface area contributed by atoms with Gasteiger partial charge in [0.15, 0.2) is 0 Å². The normalized spacial score (nSPS) is 9.79. The lowest BCUT2D eigenvalue weighted by Gasteiger charge is -2.18. The summed E-state index contributed by atoms with van der Waals surface area (Å²) >= 11 is 0. The van der Waals surface area contributed by atoms with E-state index < -0.39 is 5.97 Å². The van der Waals surface area contributed by atoms with Gasteiger partial charge in [0.2, 0.25) is 0 Å². The Morgan fingerprint density at radius 2 is 2.16 bits per heavy atom. The van der Waals surface area contributed by atoms with Gasteiger partial charge in [-0.1, -0.05) is 6.07 Å². The van der Waals surface area contributed by atoms with E-state index in [1.807, 2.05) is 0 Å². The highest BCUT2D eigenvalue weighted by atomic mass is 16.5. The molecule has 0 saturated carbocycles. The molecular weight excluding hydrogens is 248 g/mol. The maximum absolute atomic E-state index is 11.8. The third-order valence-corrected chi connectivity index (χ3v) is 2.59. The molecule has 0 heterocycles. The van der Waals surface area contributed by atoms with Crippen molar-refractivity contribution in [1.82, 2.24) is 5.32 Å². The van der Waals surface area contributed by atoms with Crippen molar-refractivity contribution >= 4 is 17.7 Å². The molecule has 104 valence electrons. The van der Waals surface area contributed by atoms with Crippen molar-refractivity contribution in [3.8, 4) is 5.75 Å². The molecule has 0 fully saturated rings. The van der Waals surface area contributed by atoms with Gasteiger partial charge in [0.25, 0.3) is 0 Å². The molecule has 0 aromatic heterocycles. The Morgan fingerprint density at radius 3 is 2.79 bits per heavy atom. The number of ether oxygens (including phenoxy) is 1. The Hall–Kier alpha value is -2.24. The SMILES string of the molecule is COc1cccc(N(C)C(=O)NCCCC(=O)O)c1. The molecule has 0 unspecified atom stereocenters. The molecule has 6 heteroatoms. The maximum Gasteiger partial charge on any atom is 0.321 e. The number of aliphatic carboxylic acids is 1. The lowest BCUT2D eigenvalue weighted by atomic mass is 10.3. The van der Waals surface area contributed by atoms with Crippen molar-refractivity contribution < 1.29 is 19.4 Å². The monoisotopic (exact) mass is 266 g/mol. The van der Waals surface area contributed by atoms with Gasteiger partial charge in [-0.3, -0.25) is 9.69 Å². The zero-order chi connectivity index (χ0) is 14.3. The van der Waals surface area contributed by atoms with Crippen LogP contribution in [0.1, 0.15) is 12.8 Å². The van der Waals surface area contributed by atoms with E-state index in [0.29, 0.717) is 24.4 Å². The lowest BCUT2D eigenvalue weighted by molar-refractivity contribution is -0.137. The summed E-state index contributed by atoms with van der Waals surface area (Å²) in [7, 11) is 3.20. The Kier molecular flexibility index (Phi) is 5.66. The molecule has 0 aliphatic heterocycles. The molecule has 2 N–H and O–H groups in total. The Morgan fingerprint density at radius 1 is 1.42 bits per heavy atom. The number of carboxylic acid groups (broad SMARTS) is 1. The summed E-state index contributed by atoms with van der Waals surface area (Å²) in [5, 5.41) is 11.1. The number of methoxy groups -OCH3 is 1.